The van der Waals surface area contributed by atoms with Crippen LogP contribution in [-0.2, 0) is 14.4 Å². The highest BCUT2D eigenvalue weighted by Crippen LogP contribution is 2.35. The maximum atomic E-state index is 12.1. The predicted molar refractivity (Wildman–Crippen MR) is 79.1 cm³/mol. The minimum absolute atomic E-state index is 0.0150. The number of amides is 2. The van der Waals surface area contributed by atoms with E-state index >= 15 is 0 Å². The zero-order valence-electron chi connectivity index (χ0n) is 11.8. The number of halogens is 1. The summed E-state index contributed by atoms with van der Waals surface area (Å²) >= 11 is 5.95. The van der Waals surface area contributed by atoms with Crippen molar-refractivity contribution in [3.8, 4) is 5.75 Å². The Kier molecular flexibility index (Phi) is 4.87. The quantitative estimate of drug-likeness (QED) is 0.838. The smallest absolute Gasteiger partial charge is 0.322 e. The molecule has 8 heteroatoms. The van der Waals surface area contributed by atoms with Gasteiger partial charge in [-0.25, -0.2) is 0 Å². The molecule has 2 rings (SSSR count). The van der Waals surface area contributed by atoms with E-state index in [0.717, 1.165) is 0 Å². The van der Waals surface area contributed by atoms with Crippen molar-refractivity contribution in [3.63, 3.8) is 0 Å². The van der Waals surface area contributed by atoms with E-state index in [4.69, 9.17) is 21.4 Å². The third kappa shape index (κ3) is 3.48. The molecule has 118 valence electrons. The number of hydrogen-bond donors (Lipinski definition) is 2. The maximum Gasteiger partial charge on any atom is 0.322 e. The van der Waals surface area contributed by atoms with Crippen LogP contribution in [0.5, 0.6) is 5.75 Å². The van der Waals surface area contributed by atoms with Crippen molar-refractivity contribution in [2.24, 2.45) is 5.92 Å². The second kappa shape index (κ2) is 6.65. The first-order chi connectivity index (χ1) is 10.4. The van der Waals surface area contributed by atoms with Gasteiger partial charge in [0.05, 0.1) is 18.7 Å². The molecule has 2 N–H and O–H groups in total. The van der Waals surface area contributed by atoms with Crippen LogP contribution in [0.3, 0.4) is 0 Å². The first kappa shape index (κ1) is 16.1. The molecular weight excluding hydrogens is 312 g/mol. The Hall–Kier alpha value is -2.28. The molecule has 1 atom stereocenters. The molecule has 2 amide bonds. The van der Waals surface area contributed by atoms with Crippen molar-refractivity contribution >= 4 is 35.1 Å². The van der Waals surface area contributed by atoms with Gasteiger partial charge in [-0.3, -0.25) is 14.4 Å². The molecule has 1 aromatic rings. The van der Waals surface area contributed by atoms with Gasteiger partial charge in [-0.1, -0.05) is 11.6 Å². The Morgan fingerprint density at radius 3 is 2.86 bits per heavy atom. The second-order valence-electron chi connectivity index (χ2n) is 4.83. The van der Waals surface area contributed by atoms with E-state index in [-0.39, 0.29) is 18.9 Å². The Morgan fingerprint density at radius 2 is 2.23 bits per heavy atom. The number of benzene rings is 1. The van der Waals surface area contributed by atoms with Crippen molar-refractivity contribution in [2.45, 2.75) is 6.42 Å². The molecule has 0 aromatic heterocycles. The molecule has 1 aromatic carbocycles. The molecule has 0 spiro atoms. The van der Waals surface area contributed by atoms with Gasteiger partial charge in [-0.05, 0) is 18.2 Å². The van der Waals surface area contributed by atoms with Crippen LogP contribution in [0.4, 0.5) is 5.69 Å². The lowest BCUT2D eigenvalue weighted by atomic mass is 10.1. The Bertz CT molecular complexity index is 619. The third-order valence-electron chi connectivity index (χ3n) is 3.34. The number of carboxylic acids is 1. The molecule has 1 unspecified atom stereocenters. The summed E-state index contributed by atoms with van der Waals surface area (Å²) in [6.45, 7) is -0.314. The van der Waals surface area contributed by atoms with Gasteiger partial charge >= 0.3 is 5.97 Å². The van der Waals surface area contributed by atoms with Gasteiger partial charge in [-0.2, -0.15) is 0 Å². The van der Waals surface area contributed by atoms with Crippen LogP contribution < -0.4 is 15.0 Å². The van der Waals surface area contributed by atoms with E-state index in [9.17, 15) is 14.4 Å². The van der Waals surface area contributed by atoms with Gasteiger partial charge in [-0.15, -0.1) is 0 Å². The Labute approximate surface area is 131 Å². The van der Waals surface area contributed by atoms with E-state index < -0.39 is 24.3 Å². The summed E-state index contributed by atoms with van der Waals surface area (Å²) in [5, 5.41) is 11.3. The standard InChI is InChI=1S/C14H15ClN2O5/c1-22-11-3-2-9(15)5-10(11)17-7-8(4-12(17)18)14(21)16-6-13(19)20/h2-3,5,8H,4,6-7H2,1H3,(H,16,21)(H,19,20). The predicted octanol–water partition coefficient (Wildman–Crippen LogP) is 0.902. The summed E-state index contributed by atoms with van der Waals surface area (Å²) in [4.78, 5) is 35.9. The highest BCUT2D eigenvalue weighted by Gasteiger charge is 2.36. The van der Waals surface area contributed by atoms with E-state index in [1.165, 1.54) is 12.0 Å². The van der Waals surface area contributed by atoms with Crippen LogP contribution in [0, 0.1) is 5.92 Å². The second-order valence-corrected chi connectivity index (χ2v) is 5.27. The normalized spacial score (nSPS) is 17.5. The summed E-state index contributed by atoms with van der Waals surface area (Å²) in [7, 11) is 1.48. The lowest BCUT2D eigenvalue weighted by Gasteiger charge is -2.19. The van der Waals surface area contributed by atoms with E-state index in [0.29, 0.717) is 16.5 Å². The molecule has 1 aliphatic heterocycles. The largest absolute Gasteiger partial charge is 0.495 e. The molecule has 0 radical (unpaired) electrons. The van der Waals surface area contributed by atoms with Crippen molar-refractivity contribution in [2.75, 3.05) is 25.1 Å². The number of nitrogens with one attached hydrogen (secondary N) is 1. The SMILES string of the molecule is COc1ccc(Cl)cc1N1CC(C(=O)NCC(=O)O)CC1=O. The fourth-order valence-corrected chi connectivity index (χ4v) is 2.46. The minimum Gasteiger partial charge on any atom is -0.495 e. The maximum absolute atomic E-state index is 12.1. The van der Waals surface area contributed by atoms with Gasteiger partial charge in [0.2, 0.25) is 11.8 Å². The number of anilines is 1. The summed E-state index contributed by atoms with van der Waals surface area (Å²) in [5.74, 6) is -1.96. The average Bonchev–Trinajstić information content (AvgIpc) is 2.86. The number of aliphatic carboxylic acids is 1. The monoisotopic (exact) mass is 326 g/mol. The fourth-order valence-electron chi connectivity index (χ4n) is 2.30. The highest BCUT2D eigenvalue weighted by molar-refractivity contribution is 6.31. The van der Waals surface area contributed by atoms with Gasteiger partial charge < -0.3 is 20.1 Å². The van der Waals surface area contributed by atoms with E-state index in [1.54, 1.807) is 18.2 Å². The molecule has 7 nitrogen and oxygen atoms in total. The molecule has 0 aliphatic carbocycles. The van der Waals surface area contributed by atoms with Gasteiger partial charge in [0.25, 0.3) is 0 Å². The van der Waals surface area contributed by atoms with Crippen molar-refractivity contribution in [3.05, 3.63) is 23.2 Å². The van der Waals surface area contributed by atoms with Gasteiger partial charge in [0.1, 0.15) is 12.3 Å². The molecule has 1 heterocycles. The van der Waals surface area contributed by atoms with E-state index in [2.05, 4.69) is 5.32 Å². The lowest BCUT2D eigenvalue weighted by molar-refractivity contribution is -0.138. The van der Waals surface area contributed by atoms with Crippen molar-refractivity contribution < 1.29 is 24.2 Å². The lowest BCUT2D eigenvalue weighted by Crippen LogP contribution is -2.36. The van der Waals surface area contributed by atoms with Crippen LogP contribution in [0.2, 0.25) is 5.02 Å². The Morgan fingerprint density at radius 1 is 1.50 bits per heavy atom. The van der Waals surface area contributed by atoms with Crippen LogP contribution >= 0.6 is 11.6 Å². The zero-order valence-corrected chi connectivity index (χ0v) is 12.6. The number of ether oxygens (including phenoxy) is 1. The molecular formula is C14H15ClN2O5. The van der Waals surface area contributed by atoms with Crippen LogP contribution in [-0.4, -0.2) is 43.1 Å². The number of hydrogen-bond acceptors (Lipinski definition) is 4. The van der Waals surface area contributed by atoms with Crippen molar-refractivity contribution in [1.29, 1.82) is 0 Å². The van der Waals surface area contributed by atoms with Gasteiger partial charge in [0.15, 0.2) is 0 Å². The average molecular weight is 327 g/mol. The van der Waals surface area contributed by atoms with Crippen LogP contribution in [0.1, 0.15) is 6.42 Å². The number of nitrogens with zero attached hydrogens (tertiary/aromatic N) is 1. The summed E-state index contributed by atoms with van der Waals surface area (Å²) in [5.41, 5.74) is 0.494. The molecule has 22 heavy (non-hydrogen) atoms. The molecule has 0 saturated carbocycles. The summed E-state index contributed by atoms with van der Waals surface area (Å²) in [6.07, 6.45) is 0.0150. The third-order valence-corrected chi connectivity index (χ3v) is 3.58. The Balaban J connectivity index is 2.14. The first-order valence-corrected chi connectivity index (χ1v) is 6.93. The number of carboxylic acid groups (broad SMARTS) is 1. The molecule has 1 fully saturated rings. The first-order valence-electron chi connectivity index (χ1n) is 6.55. The van der Waals surface area contributed by atoms with E-state index in [1.807, 2.05) is 0 Å². The molecule has 1 saturated heterocycles. The number of rotatable bonds is 5. The van der Waals surface area contributed by atoms with Crippen LogP contribution in [0.25, 0.3) is 0 Å². The zero-order chi connectivity index (χ0) is 16.3. The molecule has 0 bridgehead atoms. The van der Waals surface area contributed by atoms with Crippen LogP contribution in [0.15, 0.2) is 18.2 Å². The summed E-state index contributed by atoms with van der Waals surface area (Å²) in [6, 6.07) is 4.88. The topological polar surface area (TPSA) is 95.9 Å². The number of carbonyl (C=O) groups excluding carboxylic acids is 2. The fraction of sp³-hybridized carbons (Fsp3) is 0.357. The minimum atomic E-state index is -1.13. The highest BCUT2D eigenvalue weighted by atomic mass is 35.5. The number of carbonyl (C=O) groups is 3. The van der Waals surface area contributed by atoms with Crippen molar-refractivity contribution in [1.82, 2.24) is 5.32 Å². The number of methoxy groups -OCH3 is 1. The van der Waals surface area contributed by atoms with Gasteiger partial charge in [0, 0.05) is 18.0 Å². The summed E-state index contributed by atoms with van der Waals surface area (Å²) < 4.78 is 5.20. The molecule has 1 aliphatic rings.